The highest BCUT2D eigenvalue weighted by molar-refractivity contribution is 4.88. The Morgan fingerprint density at radius 3 is 2.70 bits per heavy atom. The molecule has 0 aliphatic carbocycles. The smallest absolute Gasteiger partial charge is 0.261 e. The van der Waals surface area contributed by atoms with Crippen molar-refractivity contribution in [2.45, 2.75) is 46.0 Å². The lowest BCUT2D eigenvalue weighted by Crippen LogP contribution is -2.17. The number of hydrogen-bond acceptors (Lipinski definition) is 5. The molecular formula is C13H23F2N3O2. The number of ether oxygens (including phenoxy) is 1. The Bertz CT molecular complexity index is 383. The minimum Gasteiger partial charge on any atom is -0.375 e. The molecule has 0 unspecified atom stereocenters. The zero-order valence-corrected chi connectivity index (χ0v) is 12.1. The van der Waals surface area contributed by atoms with E-state index in [0.717, 1.165) is 12.8 Å². The molecule has 20 heavy (non-hydrogen) atoms. The zero-order valence-electron chi connectivity index (χ0n) is 12.1. The van der Waals surface area contributed by atoms with Crippen LogP contribution in [0.25, 0.3) is 0 Å². The van der Waals surface area contributed by atoms with Crippen molar-refractivity contribution in [3.05, 3.63) is 11.7 Å². The van der Waals surface area contributed by atoms with Crippen LogP contribution in [0.2, 0.25) is 0 Å². The molecule has 0 saturated carbocycles. The lowest BCUT2D eigenvalue weighted by molar-refractivity contribution is 0.0182. The summed E-state index contributed by atoms with van der Waals surface area (Å²) in [5, 5.41) is 3.80. The van der Waals surface area contributed by atoms with Gasteiger partial charge in [0.25, 0.3) is 6.43 Å². The first-order valence-electron chi connectivity index (χ1n) is 6.80. The van der Waals surface area contributed by atoms with Gasteiger partial charge >= 0.3 is 0 Å². The van der Waals surface area contributed by atoms with E-state index >= 15 is 0 Å². The Labute approximate surface area is 117 Å². The Morgan fingerprint density at radius 2 is 2.05 bits per heavy atom. The summed E-state index contributed by atoms with van der Waals surface area (Å²) in [6.45, 7) is 4.56. The third-order valence-electron chi connectivity index (χ3n) is 3.06. The minimum absolute atomic E-state index is 0.143. The first-order chi connectivity index (χ1) is 9.43. The Balaban J connectivity index is 2.29. The highest BCUT2D eigenvalue weighted by Crippen LogP contribution is 2.25. The van der Waals surface area contributed by atoms with Crippen LogP contribution in [0.3, 0.4) is 0 Å². The Kier molecular flexibility index (Phi) is 7.01. The lowest BCUT2D eigenvalue weighted by Gasteiger charge is -2.22. The SMILES string of the molecule is CC(C)(CCN)CCc1nc(CCOCC(F)F)no1. The molecule has 0 saturated heterocycles. The quantitative estimate of drug-likeness (QED) is 0.669. The molecule has 2 N–H and O–H groups in total. The number of aromatic nitrogens is 2. The molecule has 0 fully saturated rings. The van der Waals surface area contributed by atoms with Gasteiger partial charge in [0.2, 0.25) is 5.89 Å². The summed E-state index contributed by atoms with van der Waals surface area (Å²) in [5.41, 5.74) is 5.70. The summed E-state index contributed by atoms with van der Waals surface area (Å²) in [7, 11) is 0. The summed E-state index contributed by atoms with van der Waals surface area (Å²) in [6, 6.07) is 0. The number of rotatable bonds is 10. The van der Waals surface area contributed by atoms with E-state index in [-0.39, 0.29) is 12.0 Å². The maximum atomic E-state index is 11.9. The molecule has 0 spiro atoms. The van der Waals surface area contributed by atoms with E-state index in [4.69, 9.17) is 15.0 Å². The fourth-order valence-corrected chi connectivity index (χ4v) is 1.79. The van der Waals surface area contributed by atoms with Crippen LogP contribution in [0, 0.1) is 5.41 Å². The Hall–Kier alpha value is -1.08. The molecule has 1 aromatic heterocycles. The fourth-order valence-electron chi connectivity index (χ4n) is 1.79. The van der Waals surface area contributed by atoms with Crippen LogP contribution in [0.15, 0.2) is 4.52 Å². The first-order valence-corrected chi connectivity index (χ1v) is 6.80. The topological polar surface area (TPSA) is 74.2 Å². The van der Waals surface area contributed by atoms with Crippen molar-refractivity contribution in [1.82, 2.24) is 10.1 Å². The van der Waals surface area contributed by atoms with Crippen LogP contribution in [0.5, 0.6) is 0 Å². The highest BCUT2D eigenvalue weighted by Gasteiger charge is 2.18. The van der Waals surface area contributed by atoms with E-state index in [1.165, 1.54) is 0 Å². The minimum atomic E-state index is -2.44. The largest absolute Gasteiger partial charge is 0.375 e. The van der Waals surface area contributed by atoms with Gasteiger partial charge < -0.3 is 15.0 Å². The van der Waals surface area contributed by atoms with Gasteiger partial charge in [0.05, 0.1) is 6.61 Å². The molecule has 0 radical (unpaired) electrons. The van der Waals surface area contributed by atoms with Crippen LogP contribution in [-0.4, -0.2) is 36.3 Å². The molecule has 0 aromatic carbocycles. The maximum Gasteiger partial charge on any atom is 0.261 e. The van der Waals surface area contributed by atoms with Crippen molar-refractivity contribution >= 4 is 0 Å². The molecule has 0 bridgehead atoms. The molecule has 1 aromatic rings. The van der Waals surface area contributed by atoms with Gasteiger partial charge in [-0.15, -0.1) is 0 Å². The van der Waals surface area contributed by atoms with Gasteiger partial charge in [-0.05, 0) is 24.8 Å². The molecule has 0 amide bonds. The second-order valence-electron chi connectivity index (χ2n) is 5.52. The van der Waals surface area contributed by atoms with Crippen molar-refractivity contribution in [3.8, 4) is 0 Å². The number of hydrogen-bond donors (Lipinski definition) is 1. The fraction of sp³-hybridized carbons (Fsp3) is 0.846. The highest BCUT2D eigenvalue weighted by atomic mass is 19.3. The number of halogens is 2. The number of nitrogens with two attached hydrogens (primary N) is 1. The number of nitrogens with zero attached hydrogens (tertiary/aromatic N) is 2. The summed E-state index contributed by atoms with van der Waals surface area (Å²) in [5.74, 6) is 1.06. The van der Waals surface area contributed by atoms with Crippen molar-refractivity contribution < 1.29 is 18.0 Å². The van der Waals surface area contributed by atoms with Crippen molar-refractivity contribution in [1.29, 1.82) is 0 Å². The van der Waals surface area contributed by atoms with E-state index < -0.39 is 13.0 Å². The maximum absolute atomic E-state index is 11.9. The van der Waals surface area contributed by atoms with E-state index in [0.29, 0.717) is 31.1 Å². The summed E-state index contributed by atoms with van der Waals surface area (Å²) in [6.07, 6.45) is 0.476. The molecule has 1 rings (SSSR count). The van der Waals surface area contributed by atoms with Gasteiger partial charge in [0.1, 0.15) is 6.61 Å². The predicted octanol–water partition coefficient (Wildman–Crippen LogP) is 2.20. The summed E-state index contributed by atoms with van der Waals surface area (Å²) >= 11 is 0. The first kappa shape index (κ1) is 17.0. The van der Waals surface area contributed by atoms with Crippen LogP contribution in [0.1, 0.15) is 38.4 Å². The average molecular weight is 291 g/mol. The van der Waals surface area contributed by atoms with E-state index in [9.17, 15) is 8.78 Å². The molecule has 5 nitrogen and oxygen atoms in total. The van der Waals surface area contributed by atoms with Crippen LogP contribution >= 0.6 is 0 Å². The molecule has 0 aliphatic heterocycles. The molecule has 0 aliphatic rings. The lowest BCUT2D eigenvalue weighted by atomic mass is 9.84. The average Bonchev–Trinajstić information content (AvgIpc) is 2.80. The third-order valence-corrected chi connectivity index (χ3v) is 3.06. The second kappa shape index (κ2) is 8.26. The van der Waals surface area contributed by atoms with Crippen molar-refractivity contribution in [3.63, 3.8) is 0 Å². The van der Waals surface area contributed by atoms with Crippen molar-refractivity contribution in [2.24, 2.45) is 11.1 Å². The van der Waals surface area contributed by atoms with Crippen molar-refractivity contribution in [2.75, 3.05) is 19.8 Å². The predicted molar refractivity (Wildman–Crippen MR) is 70.6 cm³/mol. The monoisotopic (exact) mass is 291 g/mol. The second-order valence-corrected chi connectivity index (χ2v) is 5.52. The normalized spacial score (nSPS) is 12.3. The molecule has 116 valence electrons. The van der Waals surface area contributed by atoms with Gasteiger partial charge in [0, 0.05) is 12.8 Å². The van der Waals surface area contributed by atoms with Gasteiger partial charge in [-0.3, -0.25) is 0 Å². The Morgan fingerprint density at radius 1 is 1.30 bits per heavy atom. The molecule has 7 heteroatoms. The van der Waals surface area contributed by atoms with E-state index in [1.54, 1.807) is 0 Å². The molecular weight excluding hydrogens is 268 g/mol. The van der Waals surface area contributed by atoms with Crippen LogP contribution in [0.4, 0.5) is 8.78 Å². The van der Waals surface area contributed by atoms with E-state index in [2.05, 4.69) is 24.0 Å². The van der Waals surface area contributed by atoms with Crippen LogP contribution < -0.4 is 5.73 Å². The van der Waals surface area contributed by atoms with Gasteiger partial charge in [0.15, 0.2) is 5.82 Å². The van der Waals surface area contributed by atoms with Gasteiger partial charge in [-0.1, -0.05) is 19.0 Å². The third kappa shape index (κ3) is 6.91. The van der Waals surface area contributed by atoms with E-state index in [1.807, 2.05) is 0 Å². The summed E-state index contributed by atoms with van der Waals surface area (Å²) < 4.78 is 33.6. The van der Waals surface area contributed by atoms with Crippen LogP contribution in [-0.2, 0) is 17.6 Å². The van der Waals surface area contributed by atoms with Gasteiger partial charge in [-0.2, -0.15) is 4.98 Å². The number of alkyl halides is 2. The van der Waals surface area contributed by atoms with Gasteiger partial charge in [-0.25, -0.2) is 8.78 Å². The summed E-state index contributed by atoms with van der Waals surface area (Å²) in [4.78, 5) is 4.21. The number of aryl methyl sites for hydroxylation is 1. The zero-order chi connectivity index (χ0) is 15.0. The molecule has 0 atom stereocenters. The standard InChI is InChI=1S/C13H23F2N3O2/c1-13(2,6-7-16)5-3-12-17-11(18-20-12)4-8-19-9-10(14)15/h10H,3-9,16H2,1-2H3. The molecule has 1 heterocycles.